The van der Waals surface area contributed by atoms with Gasteiger partial charge in [-0.25, -0.2) is 4.39 Å². The summed E-state index contributed by atoms with van der Waals surface area (Å²) < 4.78 is 15.0. The summed E-state index contributed by atoms with van der Waals surface area (Å²) in [6, 6.07) is 0. The van der Waals surface area contributed by atoms with Gasteiger partial charge >= 0.3 is 0 Å². The van der Waals surface area contributed by atoms with Crippen molar-refractivity contribution >= 4 is 0 Å². The molecule has 0 heterocycles. The van der Waals surface area contributed by atoms with Crippen LogP contribution >= 0.6 is 0 Å². The lowest BCUT2D eigenvalue weighted by Crippen LogP contribution is -2.49. The summed E-state index contributed by atoms with van der Waals surface area (Å²) in [5, 5.41) is 0. The molecule has 1 heteroatoms. The summed E-state index contributed by atoms with van der Waals surface area (Å²) in [5.41, 5.74) is 1.07. The quantitative estimate of drug-likeness (QED) is 0.492. The lowest BCUT2D eigenvalue weighted by atomic mass is 9.47. The van der Waals surface area contributed by atoms with E-state index in [0.717, 1.165) is 6.42 Å². The number of fused-ring (bicyclic) bond motifs is 3. The van der Waals surface area contributed by atoms with Crippen LogP contribution in [0.3, 0.4) is 0 Å². The maximum absolute atomic E-state index is 15.0. The van der Waals surface area contributed by atoms with Gasteiger partial charge in [0.1, 0.15) is 6.17 Å². The Labute approximate surface area is 137 Å². The Morgan fingerprint density at radius 2 is 1.59 bits per heavy atom. The second-order valence-electron chi connectivity index (χ2n) is 9.06. The zero-order valence-electron chi connectivity index (χ0n) is 15.0. The van der Waals surface area contributed by atoms with Crippen molar-refractivity contribution in [3.05, 3.63) is 0 Å². The molecule has 4 fully saturated rings. The maximum atomic E-state index is 15.0. The van der Waals surface area contributed by atoms with Gasteiger partial charge in [-0.3, -0.25) is 0 Å². The molecular formula is C21H37F. The average Bonchev–Trinajstić information content (AvgIpc) is 2.55. The van der Waals surface area contributed by atoms with Crippen molar-refractivity contribution in [3.8, 4) is 0 Å². The van der Waals surface area contributed by atoms with Crippen LogP contribution in [0, 0.1) is 22.7 Å². The van der Waals surface area contributed by atoms with Gasteiger partial charge in [0.25, 0.3) is 0 Å². The van der Waals surface area contributed by atoms with Crippen molar-refractivity contribution in [1.82, 2.24) is 0 Å². The van der Waals surface area contributed by atoms with Crippen molar-refractivity contribution in [1.29, 1.82) is 0 Å². The van der Waals surface area contributed by atoms with Gasteiger partial charge in [-0.05, 0) is 86.9 Å². The fraction of sp³-hybridized carbons (Fsp3) is 1.00. The predicted molar refractivity (Wildman–Crippen MR) is 92.7 cm³/mol. The van der Waals surface area contributed by atoms with E-state index >= 15 is 4.39 Å². The van der Waals surface area contributed by atoms with E-state index in [4.69, 9.17) is 0 Å². The first kappa shape index (κ1) is 16.8. The fourth-order valence-electron chi connectivity index (χ4n) is 6.40. The van der Waals surface area contributed by atoms with Crippen LogP contribution in [0.2, 0.25) is 0 Å². The molecule has 4 aliphatic carbocycles. The first-order chi connectivity index (χ1) is 10.6. The molecule has 1 unspecified atom stereocenters. The third-order valence-corrected chi connectivity index (χ3v) is 7.87. The molecule has 0 nitrogen and oxygen atoms in total. The van der Waals surface area contributed by atoms with Crippen LogP contribution in [0.4, 0.5) is 4.39 Å². The van der Waals surface area contributed by atoms with Crippen molar-refractivity contribution in [2.75, 3.05) is 0 Å². The third kappa shape index (κ3) is 3.11. The highest BCUT2D eigenvalue weighted by atomic mass is 19.1. The molecule has 0 radical (unpaired) electrons. The van der Waals surface area contributed by atoms with Crippen LogP contribution in [0.1, 0.15) is 104 Å². The number of unbranched alkanes of at least 4 members (excludes halogenated alkanes) is 1. The highest BCUT2D eigenvalue weighted by molar-refractivity contribution is 5.04. The second kappa shape index (κ2) is 6.81. The molecule has 0 saturated heterocycles. The number of hydrogen-bond acceptors (Lipinski definition) is 0. The van der Waals surface area contributed by atoms with Crippen LogP contribution in [-0.4, -0.2) is 6.17 Å². The molecule has 0 amide bonds. The Hall–Kier alpha value is -0.0700. The van der Waals surface area contributed by atoms with Crippen molar-refractivity contribution < 1.29 is 4.39 Å². The van der Waals surface area contributed by atoms with Gasteiger partial charge in [0, 0.05) is 0 Å². The monoisotopic (exact) mass is 308 g/mol. The number of halogens is 1. The van der Waals surface area contributed by atoms with Crippen molar-refractivity contribution in [3.63, 3.8) is 0 Å². The molecule has 3 atom stereocenters. The minimum absolute atomic E-state index is 0.407. The SMILES string of the molecule is CCCC[C@H]1CCC(C23CCC(CCC)(CC2)CC3)[C@H](F)C1. The van der Waals surface area contributed by atoms with Crippen LogP contribution in [0.15, 0.2) is 0 Å². The molecular weight excluding hydrogens is 271 g/mol. The number of rotatable bonds is 6. The highest BCUT2D eigenvalue weighted by Crippen LogP contribution is 2.63. The van der Waals surface area contributed by atoms with E-state index in [1.165, 1.54) is 83.5 Å². The largest absolute Gasteiger partial charge is 0.247 e. The molecule has 0 aromatic carbocycles. The third-order valence-electron chi connectivity index (χ3n) is 7.87. The molecule has 0 aromatic heterocycles. The second-order valence-corrected chi connectivity index (χ2v) is 9.06. The molecule has 4 rings (SSSR count). The molecule has 0 aromatic rings. The van der Waals surface area contributed by atoms with Crippen molar-refractivity contribution in [2.24, 2.45) is 22.7 Å². The van der Waals surface area contributed by atoms with E-state index in [1.807, 2.05) is 0 Å². The Morgan fingerprint density at radius 3 is 2.14 bits per heavy atom. The first-order valence-electron chi connectivity index (χ1n) is 10.3. The Bertz CT molecular complexity index is 336. The maximum Gasteiger partial charge on any atom is 0.104 e. The summed E-state index contributed by atoms with van der Waals surface area (Å²) in [7, 11) is 0. The van der Waals surface area contributed by atoms with E-state index < -0.39 is 6.17 Å². The lowest BCUT2D eigenvalue weighted by molar-refractivity contribution is -0.0894. The van der Waals surface area contributed by atoms with Gasteiger partial charge < -0.3 is 0 Å². The minimum Gasteiger partial charge on any atom is -0.247 e. The van der Waals surface area contributed by atoms with Gasteiger partial charge in [-0.1, -0.05) is 39.5 Å². The zero-order chi connectivity index (χ0) is 15.6. The zero-order valence-corrected chi connectivity index (χ0v) is 15.0. The van der Waals surface area contributed by atoms with Crippen LogP contribution in [-0.2, 0) is 0 Å². The van der Waals surface area contributed by atoms with Crippen LogP contribution in [0.25, 0.3) is 0 Å². The average molecular weight is 309 g/mol. The normalized spacial score (nSPS) is 45.1. The van der Waals surface area contributed by atoms with Gasteiger partial charge in [0.05, 0.1) is 0 Å². The molecule has 0 spiro atoms. The lowest BCUT2D eigenvalue weighted by Gasteiger charge is -2.58. The summed E-state index contributed by atoms with van der Waals surface area (Å²) in [4.78, 5) is 0. The van der Waals surface area contributed by atoms with Crippen LogP contribution < -0.4 is 0 Å². The molecule has 0 aliphatic heterocycles. The molecule has 2 bridgehead atoms. The Morgan fingerprint density at radius 1 is 0.909 bits per heavy atom. The molecule has 22 heavy (non-hydrogen) atoms. The molecule has 4 aliphatic rings. The summed E-state index contributed by atoms with van der Waals surface area (Å²) >= 11 is 0. The topological polar surface area (TPSA) is 0 Å². The predicted octanol–water partition coefficient (Wildman–Crippen LogP) is 7.07. The van der Waals surface area contributed by atoms with Crippen molar-refractivity contribution in [2.45, 2.75) is 110 Å². The highest BCUT2D eigenvalue weighted by Gasteiger charge is 2.53. The Kier molecular flexibility index (Phi) is 5.20. The minimum atomic E-state index is -0.493. The van der Waals surface area contributed by atoms with Gasteiger partial charge in [-0.15, -0.1) is 0 Å². The molecule has 4 saturated carbocycles. The van der Waals surface area contributed by atoms with E-state index in [9.17, 15) is 0 Å². The van der Waals surface area contributed by atoms with E-state index in [1.54, 1.807) is 0 Å². The van der Waals surface area contributed by atoms with E-state index in [0.29, 0.717) is 22.7 Å². The Balaban J connectivity index is 1.59. The molecule has 128 valence electrons. The van der Waals surface area contributed by atoms with Gasteiger partial charge in [0.15, 0.2) is 0 Å². The summed E-state index contributed by atoms with van der Waals surface area (Å²) in [6.45, 7) is 4.59. The first-order valence-corrected chi connectivity index (χ1v) is 10.3. The summed E-state index contributed by atoms with van der Waals surface area (Å²) in [6.07, 6.45) is 17.7. The standard InChI is InChI=1S/C21H37F/c1-3-5-6-17-7-8-18(19(22)16-17)21-13-10-20(9-4-2,11-14-21)12-15-21/h17-19H,3-16H2,1-2H3/t17-,18?,19+,20?,21?/m0/s1. The smallest absolute Gasteiger partial charge is 0.104 e. The number of alkyl halides is 1. The van der Waals surface area contributed by atoms with Crippen LogP contribution in [0.5, 0.6) is 0 Å². The van der Waals surface area contributed by atoms with Gasteiger partial charge in [0.2, 0.25) is 0 Å². The summed E-state index contributed by atoms with van der Waals surface area (Å²) in [5.74, 6) is 1.10. The van der Waals surface area contributed by atoms with E-state index in [2.05, 4.69) is 13.8 Å². The van der Waals surface area contributed by atoms with E-state index in [-0.39, 0.29) is 0 Å². The fourth-order valence-corrected chi connectivity index (χ4v) is 6.40. The van der Waals surface area contributed by atoms with Gasteiger partial charge in [-0.2, -0.15) is 0 Å². The molecule has 0 N–H and O–H groups in total. The number of hydrogen-bond donors (Lipinski definition) is 0.